The van der Waals surface area contributed by atoms with Crippen LogP contribution >= 0.6 is 0 Å². The predicted molar refractivity (Wildman–Crippen MR) is 83.4 cm³/mol. The summed E-state index contributed by atoms with van der Waals surface area (Å²) in [5.74, 6) is 0.245. The van der Waals surface area contributed by atoms with Crippen molar-refractivity contribution in [3.05, 3.63) is 23.8 Å². The number of amides is 4. The molecule has 1 unspecified atom stereocenters. The quantitative estimate of drug-likeness (QED) is 0.780. The van der Waals surface area contributed by atoms with E-state index < -0.39 is 12.1 Å². The minimum absolute atomic E-state index is 0.0572. The molecule has 2 fully saturated rings. The van der Waals surface area contributed by atoms with Crippen LogP contribution in [0.4, 0.5) is 10.5 Å². The Kier molecular flexibility index (Phi) is 3.71. The van der Waals surface area contributed by atoms with E-state index in [4.69, 9.17) is 4.74 Å². The summed E-state index contributed by atoms with van der Waals surface area (Å²) in [7, 11) is 1.64. The van der Waals surface area contributed by atoms with E-state index in [1.165, 1.54) is 14.7 Å². The molecule has 2 aliphatic heterocycles. The van der Waals surface area contributed by atoms with E-state index in [0.717, 1.165) is 5.56 Å². The van der Waals surface area contributed by atoms with Crippen LogP contribution in [0.25, 0.3) is 0 Å². The third-order valence-corrected chi connectivity index (χ3v) is 4.22. The molecule has 122 valence electrons. The Labute approximate surface area is 134 Å². The van der Waals surface area contributed by atoms with Crippen LogP contribution in [0.15, 0.2) is 18.2 Å². The first-order valence-electron chi connectivity index (χ1n) is 7.56. The molecule has 0 saturated carbocycles. The van der Waals surface area contributed by atoms with Crippen molar-refractivity contribution in [2.24, 2.45) is 0 Å². The number of imide groups is 1. The fourth-order valence-corrected chi connectivity index (χ4v) is 2.98. The number of carbonyl (C=O) groups excluding carboxylic acids is 3. The Morgan fingerprint density at radius 1 is 1.26 bits per heavy atom. The predicted octanol–water partition coefficient (Wildman–Crippen LogP) is 1.00. The Morgan fingerprint density at radius 2 is 2.00 bits per heavy atom. The van der Waals surface area contributed by atoms with Gasteiger partial charge in [-0.25, -0.2) is 9.69 Å². The fraction of sp³-hybridized carbons (Fsp3) is 0.438. The third kappa shape index (κ3) is 2.42. The number of hydrogen-bond acceptors (Lipinski definition) is 4. The van der Waals surface area contributed by atoms with E-state index in [2.05, 4.69) is 0 Å². The van der Waals surface area contributed by atoms with E-state index in [9.17, 15) is 14.4 Å². The Hall–Kier alpha value is -2.57. The first kappa shape index (κ1) is 15.3. The third-order valence-electron chi connectivity index (χ3n) is 4.22. The molecule has 2 heterocycles. The summed E-state index contributed by atoms with van der Waals surface area (Å²) in [6.45, 7) is 4.44. The van der Waals surface area contributed by atoms with Crippen LogP contribution in [-0.2, 0) is 9.59 Å². The molecule has 2 aliphatic rings. The number of ether oxygens (including phenoxy) is 1. The number of rotatable bonds is 3. The number of aryl methyl sites for hydroxylation is 1. The summed E-state index contributed by atoms with van der Waals surface area (Å²) in [5, 5.41) is 0. The molecule has 0 aliphatic carbocycles. The number of carbonyl (C=O) groups is 3. The summed E-state index contributed by atoms with van der Waals surface area (Å²) in [5.41, 5.74) is 1.31. The van der Waals surface area contributed by atoms with Gasteiger partial charge in [0.2, 0.25) is 5.91 Å². The Balaban J connectivity index is 1.93. The molecule has 4 amide bonds. The summed E-state index contributed by atoms with van der Waals surface area (Å²) >= 11 is 0. The van der Waals surface area contributed by atoms with Gasteiger partial charge in [0.15, 0.2) is 0 Å². The topological polar surface area (TPSA) is 70.2 Å². The lowest BCUT2D eigenvalue weighted by Crippen LogP contribution is -2.54. The molecule has 1 atom stereocenters. The van der Waals surface area contributed by atoms with Gasteiger partial charge in [-0.3, -0.25) is 9.59 Å². The average Bonchev–Trinajstić information content (AvgIpc) is 2.73. The zero-order valence-electron chi connectivity index (χ0n) is 13.4. The van der Waals surface area contributed by atoms with Gasteiger partial charge >= 0.3 is 6.03 Å². The van der Waals surface area contributed by atoms with Gasteiger partial charge in [-0.15, -0.1) is 0 Å². The van der Waals surface area contributed by atoms with E-state index in [1.54, 1.807) is 25.2 Å². The van der Waals surface area contributed by atoms with Crippen molar-refractivity contribution in [2.45, 2.75) is 19.9 Å². The molecule has 23 heavy (non-hydrogen) atoms. The van der Waals surface area contributed by atoms with Crippen molar-refractivity contribution >= 4 is 23.5 Å². The molecular weight excluding hydrogens is 298 g/mol. The molecule has 1 aromatic carbocycles. The molecule has 7 nitrogen and oxygen atoms in total. The molecule has 0 aromatic heterocycles. The molecule has 0 spiro atoms. The molecule has 3 rings (SSSR count). The van der Waals surface area contributed by atoms with Crippen LogP contribution in [0.1, 0.15) is 12.5 Å². The smallest absolute Gasteiger partial charge is 0.332 e. The summed E-state index contributed by atoms with van der Waals surface area (Å²) in [6, 6.07) is 4.21. The maximum absolute atomic E-state index is 12.7. The number of likely N-dealkylation sites (N-methyl/N-ethyl adjacent to an activating group) is 1. The standard InChI is InChI=1S/C16H19N3O4/c1-4-23-11-5-6-12(10(2)7-11)19-15(21)13-8-17(3)14(20)9-18(13)16(19)22/h5-7,13H,4,8-9H2,1-3H3. The lowest BCUT2D eigenvalue weighted by atomic mass is 10.1. The van der Waals surface area contributed by atoms with E-state index in [0.29, 0.717) is 18.0 Å². The number of hydrogen-bond donors (Lipinski definition) is 0. The van der Waals surface area contributed by atoms with Gasteiger partial charge in [0.25, 0.3) is 5.91 Å². The van der Waals surface area contributed by atoms with E-state index in [1.807, 2.05) is 13.8 Å². The highest BCUT2D eigenvalue weighted by Gasteiger charge is 2.50. The number of urea groups is 1. The lowest BCUT2D eigenvalue weighted by molar-refractivity contribution is -0.136. The van der Waals surface area contributed by atoms with Gasteiger partial charge in [-0.1, -0.05) is 0 Å². The minimum atomic E-state index is -0.601. The monoisotopic (exact) mass is 317 g/mol. The highest BCUT2D eigenvalue weighted by Crippen LogP contribution is 2.31. The van der Waals surface area contributed by atoms with Crippen molar-refractivity contribution in [1.29, 1.82) is 0 Å². The second-order valence-electron chi connectivity index (χ2n) is 5.76. The normalized spacial score (nSPS) is 21.1. The maximum Gasteiger partial charge on any atom is 0.332 e. The van der Waals surface area contributed by atoms with Gasteiger partial charge in [0.1, 0.15) is 18.3 Å². The summed E-state index contributed by atoms with van der Waals surface area (Å²) in [6.07, 6.45) is 0. The van der Waals surface area contributed by atoms with Crippen molar-refractivity contribution in [3.63, 3.8) is 0 Å². The molecule has 7 heteroatoms. The molecule has 0 bridgehead atoms. The van der Waals surface area contributed by atoms with Crippen LogP contribution in [0.3, 0.4) is 0 Å². The first-order valence-corrected chi connectivity index (χ1v) is 7.56. The highest BCUT2D eigenvalue weighted by molar-refractivity contribution is 6.22. The number of piperazine rings is 1. The molecular formula is C16H19N3O4. The van der Waals surface area contributed by atoms with E-state index in [-0.39, 0.29) is 24.9 Å². The zero-order chi connectivity index (χ0) is 16.7. The van der Waals surface area contributed by atoms with Crippen molar-refractivity contribution < 1.29 is 19.1 Å². The Morgan fingerprint density at radius 3 is 2.65 bits per heavy atom. The first-order chi connectivity index (χ1) is 10.9. The highest BCUT2D eigenvalue weighted by atomic mass is 16.5. The number of fused-ring (bicyclic) bond motifs is 1. The minimum Gasteiger partial charge on any atom is -0.494 e. The van der Waals surface area contributed by atoms with Gasteiger partial charge in [-0.2, -0.15) is 0 Å². The largest absolute Gasteiger partial charge is 0.494 e. The molecule has 1 aromatic rings. The van der Waals surface area contributed by atoms with Gasteiger partial charge in [0, 0.05) is 13.6 Å². The second kappa shape index (κ2) is 5.57. The van der Waals surface area contributed by atoms with E-state index >= 15 is 0 Å². The second-order valence-corrected chi connectivity index (χ2v) is 5.76. The fourth-order valence-electron chi connectivity index (χ4n) is 2.98. The number of anilines is 1. The molecule has 0 radical (unpaired) electrons. The van der Waals surface area contributed by atoms with Crippen LogP contribution in [0.2, 0.25) is 0 Å². The van der Waals surface area contributed by atoms with Crippen molar-refractivity contribution in [3.8, 4) is 5.75 Å². The lowest BCUT2D eigenvalue weighted by Gasteiger charge is -2.32. The SMILES string of the molecule is CCOc1ccc(N2C(=O)C3CN(C)C(=O)CN3C2=O)c(C)c1. The zero-order valence-corrected chi connectivity index (χ0v) is 13.4. The van der Waals surface area contributed by atoms with Crippen LogP contribution < -0.4 is 9.64 Å². The Bertz CT molecular complexity index is 688. The van der Waals surface area contributed by atoms with Crippen LogP contribution in [-0.4, -0.2) is 60.4 Å². The number of benzene rings is 1. The average molecular weight is 317 g/mol. The van der Waals surface area contributed by atoms with Crippen LogP contribution in [0.5, 0.6) is 5.75 Å². The van der Waals surface area contributed by atoms with Gasteiger partial charge in [0.05, 0.1) is 12.3 Å². The van der Waals surface area contributed by atoms with Crippen LogP contribution in [0, 0.1) is 6.92 Å². The molecule has 2 saturated heterocycles. The van der Waals surface area contributed by atoms with Crippen molar-refractivity contribution in [2.75, 3.05) is 31.6 Å². The number of nitrogens with zero attached hydrogens (tertiary/aromatic N) is 3. The van der Waals surface area contributed by atoms with Gasteiger partial charge in [-0.05, 0) is 37.6 Å². The summed E-state index contributed by atoms with van der Waals surface area (Å²) in [4.78, 5) is 41.1. The van der Waals surface area contributed by atoms with Crippen molar-refractivity contribution in [1.82, 2.24) is 9.80 Å². The van der Waals surface area contributed by atoms with Gasteiger partial charge < -0.3 is 14.5 Å². The summed E-state index contributed by atoms with van der Waals surface area (Å²) < 4.78 is 5.43. The maximum atomic E-state index is 12.7. The molecule has 0 N–H and O–H groups in total.